The first-order valence-corrected chi connectivity index (χ1v) is 17.8. The summed E-state index contributed by atoms with van der Waals surface area (Å²) < 4.78 is 14.3. The van der Waals surface area contributed by atoms with E-state index in [0.717, 1.165) is 38.6 Å². The van der Waals surface area contributed by atoms with Gasteiger partial charge in [0.15, 0.2) is 0 Å². The summed E-state index contributed by atoms with van der Waals surface area (Å²) in [5.74, 6) is 0. The summed E-state index contributed by atoms with van der Waals surface area (Å²) in [7, 11) is -1.15. The Morgan fingerprint density at radius 2 is 1.07 bits per heavy atom. The second-order valence-electron chi connectivity index (χ2n) is 11.6. The maximum atomic E-state index is 12.0. The van der Waals surface area contributed by atoms with Crippen molar-refractivity contribution < 1.29 is 13.8 Å². The van der Waals surface area contributed by atoms with Crippen LogP contribution in [0.2, 0.25) is 0 Å². The summed E-state index contributed by atoms with van der Waals surface area (Å²) in [5.41, 5.74) is 0. The molecular formula is C32H65N4O3P. The van der Waals surface area contributed by atoms with E-state index in [0.29, 0.717) is 38.3 Å². The zero-order valence-corrected chi connectivity index (χ0v) is 27.9. The van der Waals surface area contributed by atoms with Crippen LogP contribution in [-0.4, -0.2) is 49.1 Å². The van der Waals surface area contributed by atoms with Crippen LogP contribution in [0.15, 0.2) is 0 Å². The molecule has 1 unspecified atom stereocenters. The molecule has 0 rings (SSSR count). The second kappa shape index (κ2) is 29.6. The lowest BCUT2D eigenvalue weighted by molar-refractivity contribution is 0.174. The van der Waals surface area contributed by atoms with Gasteiger partial charge in [0.1, 0.15) is 0 Å². The lowest BCUT2D eigenvalue weighted by Crippen LogP contribution is -2.36. The first-order valence-electron chi connectivity index (χ1n) is 16.7. The van der Waals surface area contributed by atoms with E-state index in [4.69, 9.17) is 14.3 Å². The summed E-state index contributed by atoms with van der Waals surface area (Å²) in [6.45, 7) is 13.4. The van der Waals surface area contributed by atoms with Crippen molar-refractivity contribution in [1.29, 1.82) is 5.26 Å². The Morgan fingerprint density at radius 3 is 1.50 bits per heavy atom. The number of carbonyl (C=O) groups excluding carboxylic acids is 1. The Balaban J connectivity index is 3.60. The maximum absolute atomic E-state index is 12.0. The first-order chi connectivity index (χ1) is 19.4. The van der Waals surface area contributed by atoms with Crippen LogP contribution in [0, 0.1) is 11.3 Å². The van der Waals surface area contributed by atoms with Gasteiger partial charge in [0.05, 0.1) is 25.7 Å². The quantitative estimate of drug-likeness (QED) is 0.0675. The molecule has 0 aliphatic carbocycles. The summed E-state index contributed by atoms with van der Waals surface area (Å²) >= 11 is 0. The van der Waals surface area contributed by atoms with E-state index in [1.54, 1.807) is 0 Å². The van der Waals surface area contributed by atoms with Crippen molar-refractivity contribution in [1.82, 2.24) is 15.3 Å². The molecule has 0 aromatic carbocycles. The zero-order valence-electron chi connectivity index (χ0n) is 27.0. The van der Waals surface area contributed by atoms with E-state index in [1.807, 2.05) is 0 Å². The van der Waals surface area contributed by atoms with Crippen LogP contribution in [0.1, 0.15) is 157 Å². The monoisotopic (exact) mass is 584 g/mol. The van der Waals surface area contributed by atoms with Gasteiger partial charge in [-0.25, -0.2) is 9.46 Å². The van der Waals surface area contributed by atoms with Gasteiger partial charge in [-0.15, -0.1) is 0 Å². The molecule has 0 saturated carbocycles. The molecule has 8 heteroatoms. The predicted octanol–water partition coefficient (Wildman–Crippen LogP) is 9.62. The van der Waals surface area contributed by atoms with Crippen molar-refractivity contribution in [3.05, 3.63) is 0 Å². The SMILES string of the molecule is CCCCCCCCCCCCCCCCNC(=O)NCCCCCCOP(OCCC#N)N(C(C)C)C(C)C. The van der Waals surface area contributed by atoms with Crippen LogP contribution < -0.4 is 10.6 Å². The van der Waals surface area contributed by atoms with Crippen LogP contribution in [0.5, 0.6) is 0 Å². The molecule has 2 N–H and O–H groups in total. The molecule has 0 aromatic rings. The lowest BCUT2D eigenvalue weighted by atomic mass is 10.0. The smallest absolute Gasteiger partial charge is 0.314 e. The molecule has 236 valence electrons. The molecule has 0 heterocycles. The number of nitriles is 1. The number of unbranched alkanes of at least 4 members (excludes halogenated alkanes) is 16. The molecule has 0 aliphatic heterocycles. The first kappa shape index (κ1) is 39.1. The van der Waals surface area contributed by atoms with E-state index in [-0.39, 0.29) is 6.03 Å². The van der Waals surface area contributed by atoms with E-state index in [9.17, 15) is 4.79 Å². The van der Waals surface area contributed by atoms with E-state index in [2.05, 4.69) is 56.0 Å². The van der Waals surface area contributed by atoms with Crippen molar-refractivity contribution in [2.45, 2.75) is 169 Å². The number of urea groups is 1. The summed E-state index contributed by atoms with van der Waals surface area (Å²) in [6, 6.07) is 2.73. The minimum absolute atomic E-state index is 0.0411. The van der Waals surface area contributed by atoms with Crippen molar-refractivity contribution >= 4 is 14.6 Å². The number of carbonyl (C=O) groups is 1. The van der Waals surface area contributed by atoms with Crippen LogP contribution in [0.3, 0.4) is 0 Å². The Kier molecular flexibility index (Phi) is 28.9. The van der Waals surface area contributed by atoms with Crippen molar-refractivity contribution in [3.63, 3.8) is 0 Å². The van der Waals surface area contributed by atoms with Gasteiger partial charge in [-0.2, -0.15) is 5.26 Å². The number of rotatable bonds is 29. The molecule has 0 aliphatic rings. The van der Waals surface area contributed by atoms with Crippen molar-refractivity contribution in [3.8, 4) is 6.07 Å². The standard InChI is InChI=1S/C32H65N4O3P/c1-6-7-8-9-10-11-12-13-14-15-16-17-18-21-26-34-32(37)35-27-22-19-20-23-28-38-40(39-29-24-25-33)36(30(2)3)31(4)5/h30-31H,6-24,26-29H2,1-5H3,(H2,34,35,37). The normalized spacial score (nSPS) is 12.3. The Bertz CT molecular complexity index is 593. The predicted molar refractivity (Wildman–Crippen MR) is 171 cm³/mol. The third kappa shape index (κ3) is 24.8. The fourth-order valence-corrected chi connectivity index (χ4v) is 6.45. The number of amides is 2. The highest BCUT2D eigenvalue weighted by Gasteiger charge is 2.26. The number of hydrogen-bond acceptors (Lipinski definition) is 5. The highest BCUT2D eigenvalue weighted by atomic mass is 31.2. The van der Waals surface area contributed by atoms with E-state index in [1.165, 1.54) is 83.5 Å². The van der Waals surface area contributed by atoms with Gasteiger partial charge in [-0.1, -0.05) is 103 Å². The molecule has 0 aromatic heterocycles. The highest BCUT2D eigenvalue weighted by molar-refractivity contribution is 7.44. The molecule has 40 heavy (non-hydrogen) atoms. The van der Waals surface area contributed by atoms with Crippen LogP contribution in [-0.2, 0) is 9.05 Å². The highest BCUT2D eigenvalue weighted by Crippen LogP contribution is 2.46. The molecule has 0 bridgehead atoms. The van der Waals surface area contributed by atoms with Crippen LogP contribution in [0.4, 0.5) is 4.79 Å². The number of nitrogens with one attached hydrogen (secondary N) is 2. The molecule has 0 spiro atoms. The largest absolute Gasteiger partial charge is 0.338 e. The average molecular weight is 585 g/mol. The van der Waals surface area contributed by atoms with Crippen LogP contribution >= 0.6 is 8.53 Å². The molecule has 7 nitrogen and oxygen atoms in total. The fraction of sp³-hybridized carbons (Fsp3) is 0.938. The summed E-state index contributed by atoms with van der Waals surface area (Å²) in [4.78, 5) is 12.0. The molecule has 2 amide bonds. The van der Waals surface area contributed by atoms with Crippen molar-refractivity contribution in [2.24, 2.45) is 0 Å². The molecule has 0 fully saturated rings. The van der Waals surface area contributed by atoms with Gasteiger partial charge in [-0.05, 0) is 47.0 Å². The Labute approximate surface area is 249 Å². The van der Waals surface area contributed by atoms with Crippen LogP contribution in [0.25, 0.3) is 0 Å². The van der Waals surface area contributed by atoms with E-state index < -0.39 is 8.53 Å². The fourth-order valence-electron chi connectivity index (χ4n) is 4.82. The number of nitrogens with zero attached hydrogens (tertiary/aromatic N) is 2. The Hall–Kier alpha value is -0.930. The Morgan fingerprint density at radius 1 is 0.675 bits per heavy atom. The lowest BCUT2D eigenvalue weighted by Gasteiger charge is -2.35. The molecule has 0 radical (unpaired) electrons. The van der Waals surface area contributed by atoms with E-state index >= 15 is 0 Å². The van der Waals surface area contributed by atoms with Crippen molar-refractivity contribution in [2.75, 3.05) is 26.3 Å². The number of hydrogen-bond donors (Lipinski definition) is 2. The topological polar surface area (TPSA) is 86.6 Å². The maximum Gasteiger partial charge on any atom is 0.314 e. The minimum Gasteiger partial charge on any atom is -0.338 e. The summed E-state index contributed by atoms with van der Waals surface area (Å²) in [5, 5.41) is 14.8. The van der Waals surface area contributed by atoms with Gasteiger partial charge in [-0.3, -0.25) is 0 Å². The van der Waals surface area contributed by atoms with Gasteiger partial charge >= 0.3 is 6.03 Å². The van der Waals surface area contributed by atoms with Gasteiger partial charge in [0.2, 0.25) is 0 Å². The second-order valence-corrected chi connectivity index (χ2v) is 13.0. The third-order valence-electron chi connectivity index (χ3n) is 7.04. The summed E-state index contributed by atoms with van der Waals surface area (Å²) in [6.07, 6.45) is 23.3. The average Bonchev–Trinajstić information content (AvgIpc) is 2.91. The zero-order chi connectivity index (χ0) is 29.7. The van der Waals surface area contributed by atoms with Gasteiger partial charge in [0, 0.05) is 25.2 Å². The third-order valence-corrected chi connectivity index (χ3v) is 9.14. The van der Waals surface area contributed by atoms with Gasteiger partial charge in [0.25, 0.3) is 8.53 Å². The van der Waals surface area contributed by atoms with Gasteiger partial charge < -0.3 is 19.7 Å². The molecule has 0 saturated heterocycles. The molecular weight excluding hydrogens is 519 g/mol. The molecule has 1 atom stereocenters. The minimum atomic E-state index is -1.15.